The van der Waals surface area contributed by atoms with Gasteiger partial charge in [-0.1, -0.05) is 0 Å². The number of carboxylic acids is 1. The fourth-order valence-corrected chi connectivity index (χ4v) is 1.26. The van der Waals surface area contributed by atoms with Crippen molar-refractivity contribution >= 4 is 11.9 Å². The number of hydrogen-bond acceptors (Lipinski definition) is 3. The summed E-state index contributed by atoms with van der Waals surface area (Å²) in [5, 5.41) is 8.72. The second-order valence-electron chi connectivity index (χ2n) is 3.30. The van der Waals surface area contributed by atoms with Crippen molar-refractivity contribution in [2.24, 2.45) is 0 Å². The van der Waals surface area contributed by atoms with E-state index in [4.69, 9.17) is 5.11 Å². The van der Waals surface area contributed by atoms with E-state index in [2.05, 4.69) is 0 Å². The average Bonchev–Trinajstić information content (AvgIpc) is 2.08. The van der Waals surface area contributed by atoms with Crippen LogP contribution in [0.2, 0.25) is 0 Å². The fraction of sp³-hybridized carbons (Fsp3) is 0.750. The molecule has 0 aromatic carbocycles. The molecule has 0 aromatic rings. The lowest BCUT2D eigenvalue weighted by atomic mass is 10.2. The molecule has 1 atom stereocenters. The summed E-state index contributed by atoms with van der Waals surface area (Å²) in [4.78, 5) is 25.1. The molecular formula is C8H14N2O3. The normalized spacial score (nSPS) is 21.7. The maximum absolute atomic E-state index is 11.2. The molecule has 1 N–H and O–H groups in total. The third-order valence-corrected chi connectivity index (χ3v) is 2.39. The van der Waals surface area contributed by atoms with Gasteiger partial charge in [0.2, 0.25) is 5.91 Å². The number of rotatable bonds is 2. The van der Waals surface area contributed by atoms with Crippen molar-refractivity contribution < 1.29 is 14.7 Å². The predicted octanol–water partition coefficient (Wildman–Crippen LogP) is -0.766. The quantitative estimate of drug-likeness (QED) is 0.615. The highest BCUT2D eigenvalue weighted by Gasteiger charge is 2.27. The average molecular weight is 186 g/mol. The van der Waals surface area contributed by atoms with Crippen LogP contribution in [-0.4, -0.2) is 59.5 Å². The van der Waals surface area contributed by atoms with Gasteiger partial charge in [-0.15, -0.1) is 0 Å². The minimum Gasteiger partial charge on any atom is -0.480 e. The highest BCUT2D eigenvalue weighted by Crippen LogP contribution is 2.05. The molecule has 1 heterocycles. The molecule has 1 aliphatic rings. The van der Waals surface area contributed by atoms with Crippen LogP contribution < -0.4 is 0 Å². The third kappa shape index (κ3) is 2.18. The molecule has 13 heavy (non-hydrogen) atoms. The standard InChI is InChI=1S/C8H14N2O3/c1-6(8(12)13)10-4-3-9(2)7(11)5-10/h6H,3-5H2,1-2H3,(H,12,13). The molecule has 0 spiro atoms. The first kappa shape index (κ1) is 9.98. The lowest BCUT2D eigenvalue weighted by Gasteiger charge is -2.33. The van der Waals surface area contributed by atoms with Crippen molar-refractivity contribution in [3.05, 3.63) is 0 Å². The Hall–Kier alpha value is -1.10. The maximum atomic E-state index is 11.2. The number of hydrogen-bond donors (Lipinski definition) is 1. The summed E-state index contributed by atoms with van der Waals surface area (Å²) >= 11 is 0. The summed E-state index contributed by atoms with van der Waals surface area (Å²) in [5.74, 6) is -0.892. The van der Waals surface area contributed by atoms with Gasteiger partial charge >= 0.3 is 5.97 Å². The van der Waals surface area contributed by atoms with E-state index in [-0.39, 0.29) is 12.5 Å². The van der Waals surface area contributed by atoms with Crippen LogP contribution in [0.5, 0.6) is 0 Å². The molecule has 1 unspecified atom stereocenters. The molecule has 0 aromatic heterocycles. The molecule has 1 aliphatic heterocycles. The summed E-state index contributed by atoms with van der Waals surface area (Å²) in [6.45, 7) is 3.05. The summed E-state index contributed by atoms with van der Waals surface area (Å²) < 4.78 is 0. The van der Waals surface area contributed by atoms with Crippen LogP contribution in [0, 0.1) is 0 Å². The Bertz CT molecular complexity index is 229. The summed E-state index contributed by atoms with van der Waals surface area (Å²) in [5.41, 5.74) is 0. The van der Waals surface area contributed by atoms with Gasteiger partial charge in [0.25, 0.3) is 0 Å². The van der Waals surface area contributed by atoms with Crippen molar-refractivity contribution in [1.82, 2.24) is 9.80 Å². The Morgan fingerprint density at radius 2 is 2.15 bits per heavy atom. The molecule has 1 amide bonds. The number of carbonyl (C=O) groups excluding carboxylic acids is 1. The molecule has 0 bridgehead atoms. The molecule has 74 valence electrons. The summed E-state index contributed by atoms with van der Waals surface area (Å²) in [6.07, 6.45) is 0. The third-order valence-electron chi connectivity index (χ3n) is 2.39. The van der Waals surface area contributed by atoms with Crippen LogP contribution in [0.1, 0.15) is 6.92 Å². The van der Waals surface area contributed by atoms with Crippen LogP contribution in [0.3, 0.4) is 0 Å². The molecule has 1 saturated heterocycles. The second kappa shape index (κ2) is 3.74. The van der Waals surface area contributed by atoms with E-state index in [1.165, 1.54) is 0 Å². The van der Waals surface area contributed by atoms with Crippen molar-refractivity contribution in [2.75, 3.05) is 26.7 Å². The second-order valence-corrected chi connectivity index (χ2v) is 3.30. The highest BCUT2D eigenvalue weighted by molar-refractivity contribution is 5.80. The molecule has 5 nitrogen and oxygen atoms in total. The number of nitrogens with zero attached hydrogens (tertiary/aromatic N) is 2. The maximum Gasteiger partial charge on any atom is 0.320 e. The van der Waals surface area contributed by atoms with Crippen molar-refractivity contribution in [3.63, 3.8) is 0 Å². The number of aliphatic carboxylic acids is 1. The number of carboxylic acid groups (broad SMARTS) is 1. The highest BCUT2D eigenvalue weighted by atomic mass is 16.4. The van der Waals surface area contributed by atoms with Gasteiger partial charge in [0.05, 0.1) is 6.54 Å². The first-order chi connectivity index (χ1) is 6.02. The Morgan fingerprint density at radius 1 is 1.54 bits per heavy atom. The van der Waals surface area contributed by atoms with Crippen molar-refractivity contribution in [3.8, 4) is 0 Å². The molecule has 0 radical (unpaired) electrons. The van der Waals surface area contributed by atoms with E-state index in [9.17, 15) is 9.59 Å². The van der Waals surface area contributed by atoms with E-state index in [0.717, 1.165) is 0 Å². The van der Waals surface area contributed by atoms with Crippen LogP contribution >= 0.6 is 0 Å². The molecule has 0 saturated carbocycles. The number of amides is 1. The van der Waals surface area contributed by atoms with Crippen LogP contribution in [0.15, 0.2) is 0 Å². The molecule has 1 fully saturated rings. The SMILES string of the molecule is CC(C(=O)O)N1CCN(C)C(=O)C1. The number of likely N-dealkylation sites (N-methyl/N-ethyl adjacent to an activating group) is 1. The topological polar surface area (TPSA) is 60.9 Å². The van der Waals surface area contributed by atoms with Gasteiger partial charge in [-0.05, 0) is 6.92 Å². The Labute approximate surface area is 76.9 Å². The van der Waals surface area contributed by atoms with E-state index in [0.29, 0.717) is 13.1 Å². The first-order valence-corrected chi connectivity index (χ1v) is 4.23. The van der Waals surface area contributed by atoms with E-state index in [1.807, 2.05) is 0 Å². The molecule has 5 heteroatoms. The van der Waals surface area contributed by atoms with Crippen molar-refractivity contribution in [2.45, 2.75) is 13.0 Å². The van der Waals surface area contributed by atoms with Gasteiger partial charge in [-0.3, -0.25) is 14.5 Å². The van der Waals surface area contributed by atoms with Crippen molar-refractivity contribution in [1.29, 1.82) is 0 Å². The van der Waals surface area contributed by atoms with Gasteiger partial charge in [-0.25, -0.2) is 0 Å². The molecule has 1 rings (SSSR count). The Kier molecular flexibility index (Phi) is 2.87. The monoisotopic (exact) mass is 186 g/mol. The zero-order valence-electron chi connectivity index (χ0n) is 7.86. The lowest BCUT2D eigenvalue weighted by Crippen LogP contribution is -2.53. The Balaban J connectivity index is 2.55. The van der Waals surface area contributed by atoms with Gasteiger partial charge in [-0.2, -0.15) is 0 Å². The van der Waals surface area contributed by atoms with Crippen LogP contribution in [-0.2, 0) is 9.59 Å². The number of carbonyl (C=O) groups is 2. The predicted molar refractivity (Wildman–Crippen MR) is 46.3 cm³/mol. The zero-order chi connectivity index (χ0) is 10.0. The molecular weight excluding hydrogens is 172 g/mol. The van der Waals surface area contributed by atoms with Crippen LogP contribution in [0.4, 0.5) is 0 Å². The van der Waals surface area contributed by atoms with Gasteiger partial charge in [0, 0.05) is 20.1 Å². The van der Waals surface area contributed by atoms with Gasteiger partial charge < -0.3 is 10.0 Å². The van der Waals surface area contributed by atoms with E-state index in [1.54, 1.807) is 23.8 Å². The van der Waals surface area contributed by atoms with Crippen LogP contribution in [0.25, 0.3) is 0 Å². The van der Waals surface area contributed by atoms with E-state index < -0.39 is 12.0 Å². The number of piperazine rings is 1. The fourth-order valence-electron chi connectivity index (χ4n) is 1.26. The minimum absolute atomic E-state index is 0.0145. The lowest BCUT2D eigenvalue weighted by molar-refractivity contribution is -0.146. The molecule has 0 aliphatic carbocycles. The summed E-state index contributed by atoms with van der Waals surface area (Å²) in [6, 6.07) is -0.572. The Morgan fingerprint density at radius 3 is 2.62 bits per heavy atom. The largest absolute Gasteiger partial charge is 0.480 e. The van der Waals surface area contributed by atoms with Gasteiger partial charge in [0.1, 0.15) is 6.04 Å². The first-order valence-electron chi connectivity index (χ1n) is 4.23. The summed E-state index contributed by atoms with van der Waals surface area (Å²) in [7, 11) is 1.73. The minimum atomic E-state index is -0.877. The van der Waals surface area contributed by atoms with Gasteiger partial charge in [0.15, 0.2) is 0 Å². The smallest absolute Gasteiger partial charge is 0.320 e. The zero-order valence-corrected chi connectivity index (χ0v) is 7.86. The van der Waals surface area contributed by atoms with E-state index >= 15 is 0 Å².